The van der Waals surface area contributed by atoms with Gasteiger partial charge in [0.2, 0.25) is 11.8 Å². The molecule has 0 spiro atoms. The number of alkyl carbamates (subject to hydrolysis) is 1. The Hall–Kier alpha value is -2.77. The van der Waals surface area contributed by atoms with E-state index in [1.165, 1.54) is 17.0 Å². The van der Waals surface area contributed by atoms with Gasteiger partial charge in [-0.3, -0.25) is 9.59 Å². The predicted molar refractivity (Wildman–Crippen MR) is 129 cm³/mol. The lowest BCUT2D eigenvalue weighted by molar-refractivity contribution is -0.142. The third kappa shape index (κ3) is 10.1. The summed E-state index contributed by atoms with van der Waals surface area (Å²) in [6.07, 6.45) is 2.97. The molecule has 1 aromatic rings. The molecule has 0 aliphatic rings. The van der Waals surface area contributed by atoms with E-state index in [0.717, 1.165) is 19.3 Å². The molecule has 0 saturated carbocycles. The van der Waals surface area contributed by atoms with Crippen LogP contribution >= 0.6 is 0 Å². The molecule has 0 aliphatic carbocycles. The van der Waals surface area contributed by atoms with E-state index in [2.05, 4.69) is 17.6 Å². The second kappa shape index (κ2) is 13.1. The summed E-state index contributed by atoms with van der Waals surface area (Å²) in [5.41, 5.74) is -0.199. The number of phenols is 1. The zero-order chi connectivity index (χ0) is 25.2. The number of carbonyl (C=O) groups is 3. The van der Waals surface area contributed by atoms with Gasteiger partial charge in [-0.15, -0.1) is 0 Å². The number of phenolic OH excluding ortho intramolecular Hbond substituents is 1. The maximum absolute atomic E-state index is 13.5. The van der Waals surface area contributed by atoms with Crippen LogP contribution in [0, 0.1) is 0 Å². The average molecular weight is 464 g/mol. The molecule has 0 fully saturated rings. The molecule has 3 amide bonds. The van der Waals surface area contributed by atoms with Crippen molar-refractivity contribution in [2.75, 3.05) is 6.54 Å². The van der Waals surface area contributed by atoms with Crippen molar-refractivity contribution >= 4 is 17.9 Å². The van der Waals surface area contributed by atoms with Gasteiger partial charge in [-0.25, -0.2) is 4.79 Å². The van der Waals surface area contributed by atoms with E-state index < -0.39 is 29.7 Å². The van der Waals surface area contributed by atoms with Crippen LogP contribution in [0.2, 0.25) is 0 Å². The highest BCUT2D eigenvalue weighted by atomic mass is 16.6. The lowest BCUT2D eigenvalue weighted by Gasteiger charge is -2.34. The molecule has 0 saturated heterocycles. The summed E-state index contributed by atoms with van der Waals surface area (Å²) in [5.74, 6) is -0.735. The number of nitrogens with one attached hydrogen (secondary N) is 2. The summed E-state index contributed by atoms with van der Waals surface area (Å²) < 4.78 is 5.28. The molecular weight excluding hydrogens is 422 g/mol. The summed E-state index contributed by atoms with van der Waals surface area (Å²) in [6, 6.07) is 4.37. The number of benzene rings is 1. The van der Waals surface area contributed by atoms with E-state index in [4.69, 9.17) is 4.74 Å². The fourth-order valence-corrected chi connectivity index (χ4v) is 3.40. The van der Waals surface area contributed by atoms with Crippen molar-refractivity contribution in [1.82, 2.24) is 15.5 Å². The fourth-order valence-electron chi connectivity index (χ4n) is 3.40. The first-order valence-electron chi connectivity index (χ1n) is 11.7. The van der Waals surface area contributed by atoms with Gasteiger partial charge in [0.15, 0.2) is 0 Å². The predicted octanol–water partition coefficient (Wildman–Crippen LogP) is 4.28. The van der Waals surface area contributed by atoms with Gasteiger partial charge in [-0.2, -0.15) is 0 Å². The van der Waals surface area contributed by atoms with E-state index in [1.807, 2.05) is 13.8 Å². The molecule has 0 heterocycles. The maximum Gasteiger partial charge on any atom is 0.408 e. The van der Waals surface area contributed by atoms with Gasteiger partial charge in [0.1, 0.15) is 23.4 Å². The summed E-state index contributed by atoms with van der Waals surface area (Å²) in [6.45, 7) is 12.9. The highest BCUT2D eigenvalue weighted by Gasteiger charge is 2.34. The lowest BCUT2D eigenvalue weighted by Crippen LogP contribution is -2.52. The highest BCUT2D eigenvalue weighted by molar-refractivity contribution is 5.92. The number of carbonyl (C=O) groups excluding carboxylic acids is 3. The molecule has 0 aliphatic heterocycles. The van der Waals surface area contributed by atoms with Crippen molar-refractivity contribution in [3.63, 3.8) is 0 Å². The van der Waals surface area contributed by atoms with Crippen LogP contribution in [0.4, 0.5) is 4.79 Å². The molecule has 0 bridgehead atoms. The normalized spacial score (nSPS) is 13.2. The minimum atomic E-state index is -0.948. The molecular formula is C25H41N3O5. The molecule has 0 radical (unpaired) electrons. The minimum absolute atomic E-state index is 0.00755. The van der Waals surface area contributed by atoms with Crippen LogP contribution < -0.4 is 10.6 Å². The number of ether oxygens (including phenoxy) is 1. The number of hydrogen-bond acceptors (Lipinski definition) is 5. The van der Waals surface area contributed by atoms with Gasteiger partial charge >= 0.3 is 6.09 Å². The Labute approximate surface area is 198 Å². The lowest BCUT2D eigenvalue weighted by atomic mass is 10.0. The first kappa shape index (κ1) is 28.3. The topological polar surface area (TPSA) is 108 Å². The molecule has 0 aromatic heterocycles. The van der Waals surface area contributed by atoms with E-state index in [0.29, 0.717) is 18.5 Å². The molecule has 1 rings (SSSR count). The summed E-state index contributed by atoms with van der Waals surface area (Å²) >= 11 is 0. The number of rotatable bonds is 11. The molecule has 2 atom stereocenters. The van der Waals surface area contributed by atoms with Crippen molar-refractivity contribution in [3.8, 4) is 5.75 Å². The number of aromatic hydroxyl groups is 1. The SMILES string of the molecule is CCCCCCN(C(=O)C(C)NC(=O)OC(C)(C)C)C(C(=O)NC(C)C)c1cccc(O)c1. The monoisotopic (exact) mass is 463 g/mol. The Morgan fingerprint density at radius 2 is 1.73 bits per heavy atom. The third-order valence-corrected chi connectivity index (χ3v) is 4.82. The second-order valence-electron chi connectivity index (χ2n) is 9.62. The number of hydrogen-bond donors (Lipinski definition) is 3. The van der Waals surface area contributed by atoms with E-state index in [1.54, 1.807) is 39.8 Å². The Kier molecular flexibility index (Phi) is 11.2. The minimum Gasteiger partial charge on any atom is -0.508 e. The van der Waals surface area contributed by atoms with Crippen LogP contribution in [0.5, 0.6) is 5.75 Å². The number of unbranched alkanes of at least 4 members (excludes halogenated alkanes) is 3. The molecule has 3 N–H and O–H groups in total. The van der Waals surface area contributed by atoms with E-state index in [-0.39, 0.29) is 17.7 Å². The van der Waals surface area contributed by atoms with Gasteiger partial charge in [0.25, 0.3) is 0 Å². The largest absolute Gasteiger partial charge is 0.508 e. The quantitative estimate of drug-likeness (QED) is 0.425. The third-order valence-electron chi connectivity index (χ3n) is 4.82. The summed E-state index contributed by atoms with van der Waals surface area (Å²) in [4.78, 5) is 40.5. The van der Waals surface area contributed by atoms with Crippen molar-refractivity contribution in [1.29, 1.82) is 0 Å². The second-order valence-corrected chi connectivity index (χ2v) is 9.62. The molecule has 8 nitrogen and oxygen atoms in total. The number of nitrogens with zero attached hydrogens (tertiary/aromatic N) is 1. The van der Waals surface area contributed by atoms with E-state index in [9.17, 15) is 19.5 Å². The standard InChI is InChI=1S/C25H41N3O5/c1-8-9-10-11-15-28(23(31)18(4)27-24(32)33-25(5,6)7)21(22(30)26-17(2)3)19-13-12-14-20(29)16-19/h12-14,16-18,21,29H,8-11,15H2,1-7H3,(H,26,30)(H,27,32). The van der Waals surface area contributed by atoms with Crippen LogP contribution in [-0.2, 0) is 14.3 Å². The van der Waals surface area contributed by atoms with Crippen LogP contribution in [0.25, 0.3) is 0 Å². The molecule has 8 heteroatoms. The van der Waals surface area contributed by atoms with Crippen molar-refractivity contribution < 1.29 is 24.2 Å². The zero-order valence-corrected chi connectivity index (χ0v) is 21.1. The van der Waals surface area contributed by atoms with Gasteiger partial charge in [-0.1, -0.05) is 38.3 Å². The molecule has 1 aromatic carbocycles. The Bertz CT molecular complexity index is 788. The summed E-state index contributed by atoms with van der Waals surface area (Å²) in [5, 5.41) is 15.5. The Morgan fingerprint density at radius 3 is 2.27 bits per heavy atom. The van der Waals surface area contributed by atoms with Gasteiger partial charge in [0, 0.05) is 12.6 Å². The van der Waals surface area contributed by atoms with Gasteiger partial charge in [-0.05, 0) is 65.7 Å². The molecule has 186 valence electrons. The summed E-state index contributed by atoms with van der Waals surface area (Å²) in [7, 11) is 0. The van der Waals surface area contributed by atoms with Crippen molar-refractivity contribution in [2.24, 2.45) is 0 Å². The van der Waals surface area contributed by atoms with Gasteiger partial charge in [0.05, 0.1) is 0 Å². The zero-order valence-electron chi connectivity index (χ0n) is 21.1. The van der Waals surface area contributed by atoms with E-state index >= 15 is 0 Å². The van der Waals surface area contributed by atoms with Crippen LogP contribution in [0.3, 0.4) is 0 Å². The number of amides is 3. The average Bonchev–Trinajstić information content (AvgIpc) is 2.67. The fraction of sp³-hybridized carbons (Fsp3) is 0.640. The smallest absolute Gasteiger partial charge is 0.408 e. The molecule has 2 unspecified atom stereocenters. The first-order valence-corrected chi connectivity index (χ1v) is 11.7. The van der Waals surface area contributed by atoms with Crippen LogP contribution in [-0.4, -0.2) is 52.1 Å². The Balaban J connectivity index is 3.27. The molecule has 33 heavy (non-hydrogen) atoms. The van der Waals surface area contributed by atoms with Crippen LogP contribution in [0.1, 0.15) is 85.8 Å². The first-order chi connectivity index (χ1) is 15.4. The van der Waals surface area contributed by atoms with Crippen molar-refractivity contribution in [3.05, 3.63) is 29.8 Å². The van der Waals surface area contributed by atoms with Crippen LogP contribution in [0.15, 0.2) is 24.3 Å². The van der Waals surface area contributed by atoms with Gasteiger partial charge < -0.3 is 25.4 Å². The highest BCUT2D eigenvalue weighted by Crippen LogP contribution is 2.26. The maximum atomic E-state index is 13.5. The Morgan fingerprint density at radius 1 is 1.06 bits per heavy atom. The van der Waals surface area contributed by atoms with Crippen molar-refractivity contribution in [2.45, 2.75) is 97.9 Å².